The standard InChI is InChI=1S/C29H41BrO/c1-2-3-4-5-6-7-11-22-31-29-21-20-27(23-28(29)30)26-18-16-25(17-19-26)15-14-24-12-9-8-10-13-24/h16-21,23-24H,2-15,22H2,1H3. The minimum atomic E-state index is 0.807. The van der Waals surface area contributed by atoms with Gasteiger partial charge in [-0.2, -0.15) is 0 Å². The van der Waals surface area contributed by atoms with Gasteiger partial charge in [0.1, 0.15) is 5.75 Å². The molecule has 0 atom stereocenters. The molecule has 0 amide bonds. The highest BCUT2D eigenvalue weighted by atomic mass is 79.9. The number of aryl methyl sites for hydroxylation is 1. The molecule has 2 aromatic rings. The van der Waals surface area contributed by atoms with Crippen molar-refractivity contribution in [2.45, 2.75) is 96.8 Å². The lowest BCUT2D eigenvalue weighted by Crippen LogP contribution is -2.07. The minimum absolute atomic E-state index is 0.807. The van der Waals surface area contributed by atoms with Gasteiger partial charge in [-0.15, -0.1) is 0 Å². The van der Waals surface area contributed by atoms with Crippen molar-refractivity contribution in [2.24, 2.45) is 5.92 Å². The van der Waals surface area contributed by atoms with E-state index in [0.717, 1.165) is 29.2 Å². The monoisotopic (exact) mass is 484 g/mol. The Kier molecular flexibility index (Phi) is 11.0. The van der Waals surface area contributed by atoms with Crippen molar-refractivity contribution >= 4 is 15.9 Å². The van der Waals surface area contributed by atoms with Gasteiger partial charge in [-0.1, -0.05) is 108 Å². The third-order valence-corrected chi connectivity index (χ3v) is 7.41. The topological polar surface area (TPSA) is 9.23 Å². The Morgan fingerprint density at radius 1 is 0.806 bits per heavy atom. The lowest BCUT2D eigenvalue weighted by atomic mass is 9.85. The van der Waals surface area contributed by atoms with Gasteiger partial charge in [-0.05, 0) is 69.9 Å². The summed E-state index contributed by atoms with van der Waals surface area (Å²) in [6, 6.07) is 15.7. The molecule has 170 valence electrons. The summed E-state index contributed by atoms with van der Waals surface area (Å²) in [6.45, 7) is 3.08. The van der Waals surface area contributed by atoms with Crippen LogP contribution in [0.3, 0.4) is 0 Å². The first kappa shape index (κ1) is 24.4. The van der Waals surface area contributed by atoms with Crippen LogP contribution in [0.15, 0.2) is 46.9 Å². The maximum atomic E-state index is 6.02. The molecule has 0 aromatic heterocycles. The average Bonchev–Trinajstić information content (AvgIpc) is 2.81. The molecule has 1 aliphatic rings. The Hall–Kier alpha value is -1.28. The predicted molar refractivity (Wildman–Crippen MR) is 138 cm³/mol. The Morgan fingerprint density at radius 3 is 2.19 bits per heavy atom. The minimum Gasteiger partial charge on any atom is -0.492 e. The third kappa shape index (κ3) is 8.64. The lowest BCUT2D eigenvalue weighted by molar-refractivity contribution is 0.302. The van der Waals surface area contributed by atoms with Crippen LogP contribution in [0.2, 0.25) is 0 Å². The second-order valence-electron chi connectivity index (χ2n) is 9.35. The molecule has 0 heterocycles. The average molecular weight is 486 g/mol. The highest BCUT2D eigenvalue weighted by molar-refractivity contribution is 9.10. The van der Waals surface area contributed by atoms with E-state index in [2.05, 4.69) is 65.3 Å². The predicted octanol–water partition coefficient (Wildman–Crippen LogP) is 9.76. The van der Waals surface area contributed by atoms with E-state index in [1.54, 1.807) is 0 Å². The number of halogens is 1. The number of hydrogen-bond acceptors (Lipinski definition) is 1. The van der Waals surface area contributed by atoms with Crippen LogP contribution in [0.5, 0.6) is 5.75 Å². The van der Waals surface area contributed by atoms with Crippen molar-refractivity contribution in [3.05, 3.63) is 52.5 Å². The smallest absolute Gasteiger partial charge is 0.133 e. The number of ether oxygens (including phenoxy) is 1. The molecular weight excluding hydrogens is 444 g/mol. The maximum absolute atomic E-state index is 6.02. The van der Waals surface area contributed by atoms with Crippen molar-refractivity contribution in [3.63, 3.8) is 0 Å². The van der Waals surface area contributed by atoms with Crippen LogP contribution in [0.1, 0.15) is 96.0 Å². The van der Waals surface area contributed by atoms with E-state index in [0.29, 0.717) is 0 Å². The van der Waals surface area contributed by atoms with Gasteiger partial charge in [0.2, 0.25) is 0 Å². The second kappa shape index (κ2) is 14.0. The van der Waals surface area contributed by atoms with Crippen LogP contribution >= 0.6 is 15.9 Å². The molecule has 1 fully saturated rings. The molecule has 1 aliphatic carbocycles. The molecule has 0 unspecified atom stereocenters. The fourth-order valence-corrected chi connectivity index (χ4v) is 5.24. The molecule has 3 rings (SSSR count). The highest BCUT2D eigenvalue weighted by Crippen LogP contribution is 2.32. The van der Waals surface area contributed by atoms with Crippen molar-refractivity contribution in [3.8, 4) is 16.9 Å². The van der Waals surface area contributed by atoms with Gasteiger partial charge in [0.15, 0.2) is 0 Å². The molecule has 0 spiro atoms. The van der Waals surface area contributed by atoms with Crippen LogP contribution in [0.25, 0.3) is 11.1 Å². The zero-order valence-electron chi connectivity index (χ0n) is 19.5. The fraction of sp³-hybridized carbons (Fsp3) is 0.586. The molecule has 31 heavy (non-hydrogen) atoms. The first-order chi connectivity index (χ1) is 15.3. The summed E-state index contributed by atoms with van der Waals surface area (Å²) in [7, 11) is 0. The number of rotatable bonds is 13. The molecule has 0 bridgehead atoms. The van der Waals surface area contributed by atoms with E-state index in [-0.39, 0.29) is 0 Å². The number of benzene rings is 2. The van der Waals surface area contributed by atoms with Crippen LogP contribution in [0.4, 0.5) is 0 Å². The van der Waals surface area contributed by atoms with E-state index in [1.807, 2.05) is 0 Å². The summed E-state index contributed by atoms with van der Waals surface area (Å²) in [5.74, 6) is 1.91. The van der Waals surface area contributed by atoms with Crippen LogP contribution in [0, 0.1) is 5.92 Å². The molecule has 0 saturated heterocycles. The van der Waals surface area contributed by atoms with E-state index in [9.17, 15) is 0 Å². The van der Waals surface area contributed by atoms with E-state index in [1.165, 1.54) is 100 Å². The SMILES string of the molecule is CCCCCCCCCOc1ccc(-c2ccc(CCC3CCCCC3)cc2)cc1Br. The summed E-state index contributed by atoms with van der Waals surface area (Å²) in [5.41, 5.74) is 4.00. The van der Waals surface area contributed by atoms with Crippen molar-refractivity contribution in [1.29, 1.82) is 0 Å². The van der Waals surface area contributed by atoms with Crippen molar-refractivity contribution in [2.75, 3.05) is 6.61 Å². The van der Waals surface area contributed by atoms with Gasteiger partial charge >= 0.3 is 0 Å². The first-order valence-electron chi connectivity index (χ1n) is 12.8. The fourth-order valence-electron chi connectivity index (χ4n) is 4.75. The largest absolute Gasteiger partial charge is 0.492 e. The summed E-state index contributed by atoms with van der Waals surface area (Å²) < 4.78 is 7.07. The Labute approximate surface area is 199 Å². The quantitative estimate of drug-likeness (QED) is 0.257. The second-order valence-corrected chi connectivity index (χ2v) is 10.2. The Morgan fingerprint density at radius 2 is 1.48 bits per heavy atom. The Balaban J connectivity index is 1.42. The van der Waals surface area contributed by atoms with Gasteiger partial charge < -0.3 is 4.74 Å². The maximum Gasteiger partial charge on any atom is 0.133 e. The summed E-state index contributed by atoms with van der Waals surface area (Å²) in [5, 5.41) is 0. The van der Waals surface area contributed by atoms with Crippen LogP contribution in [-0.4, -0.2) is 6.61 Å². The number of hydrogen-bond donors (Lipinski definition) is 0. The molecule has 2 heteroatoms. The number of unbranched alkanes of at least 4 members (excludes halogenated alkanes) is 6. The molecule has 1 saturated carbocycles. The highest BCUT2D eigenvalue weighted by Gasteiger charge is 2.13. The zero-order chi connectivity index (χ0) is 21.7. The van der Waals surface area contributed by atoms with Gasteiger partial charge in [-0.25, -0.2) is 0 Å². The molecule has 0 aliphatic heterocycles. The lowest BCUT2D eigenvalue weighted by Gasteiger charge is -2.21. The third-order valence-electron chi connectivity index (χ3n) is 6.79. The normalized spacial score (nSPS) is 14.6. The summed E-state index contributed by atoms with van der Waals surface area (Å²) >= 11 is 3.71. The molecule has 0 radical (unpaired) electrons. The van der Waals surface area contributed by atoms with Crippen LogP contribution < -0.4 is 4.74 Å². The first-order valence-corrected chi connectivity index (χ1v) is 13.6. The Bertz CT molecular complexity index is 746. The van der Waals surface area contributed by atoms with Gasteiger partial charge in [0, 0.05) is 0 Å². The van der Waals surface area contributed by atoms with Gasteiger partial charge in [0.25, 0.3) is 0 Å². The molecule has 1 nitrogen and oxygen atoms in total. The van der Waals surface area contributed by atoms with Gasteiger partial charge in [-0.3, -0.25) is 0 Å². The van der Waals surface area contributed by atoms with E-state index >= 15 is 0 Å². The van der Waals surface area contributed by atoms with E-state index in [4.69, 9.17) is 4.74 Å². The van der Waals surface area contributed by atoms with Crippen molar-refractivity contribution < 1.29 is 4.74 Å². The molecular formula is C29H41BrO. The summed E-state index contributed by atoms with van der Waals surface area (Å²) in [6.07, 6.45) is 19.0. The molecule has 2 aromatic carbocycles. The van der Waals surface area contributed by atoms with Crippen LogP contribution in [-0.2, 0) is 6.42 Å². The molecule has 0 N–H and O–H groups in total. The van der Waals surface area contributed by atoms with Crippen molar-refractivity contribution in [1.82, 2.24) is 0 Å². The zero-order valence-corrected chi connectivity index (χ0v) is 21.1. The summed E-state index contributed by atoms with van der Waals surface area (Å²) in [4.78, 5) is 0. The van der Waals surface area contributed by atoms with E-state index < -0.39 is 0 Å². The van der Waals surface area contributed by atoms with Gasteiger partial charge in [0.05, 0.1) is 11.1 Å².